The van der Waals surface area contributed by atoms with Crippen LogP contribution in [0.2, 0.25) is 0 Å². The Morgan fingerprint density at radius 1 is 1.00 bits per heavy atom. The van der Waals surface area contributed by atoms with Crippen LogP contribution in [-0.2, 0) is 12.8 Å². The Hall–Kier alpha value is -3.85. The lowest BCUT2D eigenvalue weighted by atomic mass is 10.1. The molecule has 6 nitrogen and oxygen atoms in total. The molecular formula is C28H27F3N4O2. The molecule has 0 radical (unpaired) electrons. The Kier molecular flexibility index (Phi) is 7.14. The highest BCUT2D eigenvalue weighted by Crippen LogP contribution is 2.29. The SMILES string of the molecule is O=C(c1ccc2nc[nH]c2c1)N(CCN1CCCC1)c1ccc(OCc2ccc(C(F)(F)F)cc2)cc1. The fourth-order valence-electron chi connectivity index (χ4n) is 4.50. The molecule has 1 aliphatic heterocycles. The average molecular weight is 509 g/mol. The first kappa shape index (κ1) is 24.8. The number of nitrogens with zero attached hydrogens (tertiary/aromatic N) is 3. The van der Waals surface area contributed by atoms with Gasteiger partial charge in [-0.3, -0.25) is 4.79 Å². The fraction of sp³-hybridized carbons (Fsp3) is 0.286. The van der Waals surface area contributed by atoms with E-state index < -0.39 is 11.7 Å². The van der Waals surface area contributed by atoms with Gasteiger partial charge in [-0.25, -0.2) is 4.98 Å². The van der Waals surface area contributed by atoms with Gasteiger partial charge in [0.2, 0.25) is 0 Å². The molecule has 3 aromatic carbocycles. The van der Waals surface area contributed by atoms with Crippen LogP contribution >= 0.6 is 0 Å². The first-order valence-corrected chi connectivity index (χ1v) is 12.2. The van der Waals surface area contributed by atoms with Gasteiger partial charge in [-0.15, -0.1) is 0 Å². The Morgan fingerprint density at radius 2 is 1.73 bits per heavy atom. The maximum atomic E-state index is 13.6. The molecule has 37 heavy (non-hydrogen) atoms. The lowest BCUT2D eigenvalue weighted by Gasteiger charge is -2.26. The number of ether oxygens (including phenoxy) is 1. The zero-order valence-electron chi connectivity index (χ0n) is 20.2. The highest BCUT2D eigenvalue weighted by atomic mass is 19.4. The van der Waals surface area contributed by atoms with Crippen molar-refractivity contribution in [3.05, 3.63) is 89.7 Å². The number of carbonyl (C=O) groups excluding carboxylic acids is 1. The second-order valence-corrected chi connectivity index (χ2v) is 9.12. The van der Waals surface area contributed by atoms with Crippen LogP contribution in [0.1, 0.15) is 34.3 Å². The third kappa shape index (κ3) is 5.94. The van der Waals surface area contributed by atoms with Gasteiger partial charge in [0.1, 0.15) is 12.4 Å². The van der Waals surface area contributed by atoms with Gasteiger partial charge < -0.3 is 19.5 Å². The third-order valence-corrected chi connectivity index (χ3v) is 6.59. The van der Waals surface area contributed by atoms with Crippen LogP contribution in [0.5, 0.6) is 5.75 Å². The predicted octanol–water partition coefficient (Wildman–Crippen LogP) is 5.90. The van der Waals surface area contributed by atoms with Crippen molar-refractivity contribution < 1.29 is 22.7 Å². The summed E-state index contributed by atoms with van der Waals surface area (Å²) in [5.74, 6) is 0.462. The van der Waals surface area contributed by atoms with Crippen molar-refractivity contribution in [3.63, 3.8) is 0 Å². The molecule has 4 aromatic rings. The predicted molar refractivity (Wildman–Crippen MR) is 136 cm³/mol. The van der Waals surface area contributed by atoms with E-state index in [0.717, 1.165) is 48.5 Å². The Bertz CT molecular complexity index is 1340. The molecule has 0 saturated carbocycles. The number of carbonyl (C=O) groups is 1. The van der Waals surface area contributed by atoms with Crippen LogP contribution < -0.4 is 9.64 Å². The van der Waals surface area contributed by atoms with Gasteiger partial charge in [0.25, 0.3) is 5.91 Å². The zero-order valence-corrected chi connectivity index (χ0v) is 20.2. The second kappa shape index (κ2) is 10.6. The topological polar surface area (TPSA) is 61.5 Å². The number of imidazole rings is 1. The number of H-pyrrole nitrogens is 1. The van der Waals surface area contributed by atoms with E-state index in [1.807, 2.05) is 24.3 Å². The van der Waals surface area contributed by atoms with Crippen molar-refractivity contribution in [2.45, 2.75) is 25.6 Å². The van der Waals surface area contributed by atoms with Crippen molar-refractivity contribution in [2.75, 3.05) is 31.1 Å². The first-order valence-electron chi connectivity index (χ1n) is 12.2. The van der Waals surface area contributed by atoms with E-state index in [2.05, 4.69) is 14.9 Å². The highest BCUT2D eigenvalue weighted by Gasteiger charge is 2.30. The lowest BCUT2D eigenvalue weighted by molar-refractivity contribution is -0.137. The Balaban J connectivity index is 1.29. The zero-order chi connectivity index (χ0) is 25.8. The van der Waals surface area contributed by atoms with Crippen LogP contribution in [0.3, 0.4) is 0 Å². The van der Waals surface area contributed by atoms with Crippen LogP contribution in [0, 0.1) is 0 Å². The van der Waals surface area contributed by atoms with Crippen molar-refractivity contribution in [1.82, 2.24) is 14.9 Å². The number of rotatable bonds is 8. The van der Waals surface area contributed by atoms with Crippen molar-refractivity contribution in [1.29, 1.82) is 0 Å². The maximum Gasteiger partial charge on any atom is 0.416 e. The quantitative estimate of drug-likeness (QED) is 0.322. The summed E-state index contributed by atoms with van der Waals surface area (Å²) in [4.78, 5) is 25.0. The van der Waals surface area contributed by atoms with Gasteiger partial charge >= 0.3 is 6.18 Å². The summed E-state index contributed by atoms with van der Waals surface area (Å²) in [7, 11) is 0. The van der Waals surface area contributed by atoms with Gasteiger partial charge in [0.05, 0.1) is 22.9 Å². The van der Waals surface area contributed by atoms with Crippen LogP contribution in [0.25, 0.3) is 11.0 Å². The average Bonchev–Trinajstić information content (AvgIpc) is 3.59. The molecule has 9 heteroatoms. The molecule has 1 aromatic heterocycles. The Morgan fingerprint density at radius 3 is 2.43 bits per heavy atom. The van der Waals surface area contributed by atoms with E-state index in [-0.39, 0.29) is 12.5 Å². The number of hydrogen-bond acceptors (Lipinski definition) is 4. The van der Waals surface area contributed by atoms with Gasteiger partial charge in [0, 0.05) is 24.3 Å². The molecule has 5 rings (SSSR count). The largest absolute Gasteiger partial charge is 0.489 e. The smallest absolute Gasteiger partial charge is 0.416 e. The van der Waals surface area contributed by atoms with E-state index in [1.54, 1.807) is 29.4 Å². The number of likely N-dealkylation sites (tertiary alicyclic amines) is 1. The molecule has 1 aliphatic rings. The summed E-state index contributed by atoms with van der Waals surface area (Å²) in [6.07, 6.45) is -0.407. The lowest BCUT2D eigenvalue weighted by Crippen LogP contribution is -2.38. The monoisotopic (exact) mass is 508 g/mol. The van der Waals surface area contributed by atoms with E-state index in [1.165, 1.54) is 25.0 Å². The fourth-order valence-corrected chi connectivity index (χ4v) is 4.50. The van der Waals surface area contributed by atoms with Crippen molar-refractivity contribution in [3.8, 4) is 5.75 Å². The summed E-state index contributed by atoms with van der Waals surface area (Å²) in [6.45, 7) is 3.55. The molecule has 1 saturated heterocycles. The molecule has 0 aliphatic carbocycles. The number of hydrogen-bond donors (Lipinski definition) is 1. The van der Waals surface area contributed by atoms with E-state index in [0.29, 0.717) is 23.4 Å². The van der Waals surface area contributed by atoms with Gasteiger partial charge in [0.15, 0.2) is 0 Å². The number of benzene rings is 3. The van der Waals surface area contributed by atoms with Crippen molar-refractivity contribution in [2.24, 2.45) is 0 Å². The molecule has 0 unspecified atom stereocenters. The van der Waals surface area contributed by atoms with Crippen LogP contribution in [0.15, 0.2) is 73.1 Å². The molecule has 0 spiro atoms. The molecular weight excluding hydrogens is 481 g/mol. The minimum absolute atomic E-state index is 0.103. The summed E-state index contributed by atoms with van der Waals surface area (Å²) >= 11 is 0. The number of fused-ring (bicyclic) bond motifs is 1. The summed E-state index contributed by atoms with van der Waals surface area (Å²) in [6, 6.07) is 17.6. The summed E-state index contributed by atoms with van der Waals surface area (Å²) in [5.41, 5.74) is 2.86. The number of nitrogens with one attached hydrogen (secondary N) is 1. The van der Waals surface area contributed by atoms with E-state index >= 15 is 0 Å². The van der Waals surface area contributed by atoms with Crippen molar-refractivity contribution >= 4 is 22.6 Å². The number of aromatic amines is 1. The first-order chi connectivity index (χ1) is 17.9. The van der Waals surface area contributed by atoms with Gasteiger partial charge in [-0.05, 0) is 86.1 Å². The van der Waals surface area contributed by atoms with Gasteiger partial charge in [-0.2, -0.15) is 13.2 Å². The standard InChI is InChI=1S/C28H27F3N4O2/c29-28(30,31)22-6-3-20(4-7-22)18-37-24-10-8-23(9-11-24)35(16-15-34-13-1-2-14-34)27(36)21-5-12-25-26(17-21)33-19-32-25/h3-12,17,19H,1-2,13-16,18H2,(H,32,33). The second-order valence-electron chi connectivity index (χ2n) is 9.12. The molecule has 1 amide bonds. The molecule has 1 fully saturated rings. The minimum Gasteiger partial charge on any atom is -0.489 e. The molecule has 1 N–H and O–H groups in total. The van der Waals surface area contributed by atoms with Crippen LogP contribution in [-0.4, -0.2) is 47.0 Å². The molecule has 0 atom stereocenters. The maximum absolute atomic E-state index is 13.6. The normalized spacial score (nSPS) is 14.2. The Labute approximate surface area is 212 Å². The number of amides is 1. The van der Waals surface area contributed by atoms with Crippen LogP contribution in [0.4, 0.5) is 18.9 Å². The number of anilines is 1. The number of halogens is 3. The summed E-state index contributed by atoms with van der Waals surface area (Å²) in [5, 5.41) is 0. The molecule has 0 bridgehead atoms. The molecule has 192 valence electrons. The number of alkyl halides is 3. The number of aromatic nitrogens is 2. The highest BCUT2D eigenvalue weighted by molar-refractivity contribution is 6.07. The van der Waals surface area contributed by atoms with Gasteiger partial charge in [-0.1, -0.05) is 12.1 Å². The molecule has 2 heterocycles. The van der Waals surface area contributed by atoms with E-state index in [9.17, 15) is 18.0 Å². The van der Waals surface area contributed by atoms with E-state index in [4.69, 9.17) is 4.74 Å². The third-order valence-electron chi connectivity index (χ3n) is 6.59. The summed E-state index contributed by atoms with van der Waals surface area (Å²) < 4.78 is 44.1. The minimum atomic E-state index is -4.36.